The number of thioether (sulfide) groups is 1. The number of nitrogens with zero attached hydrogens (tertiary/aromatic N) is 2. The van der Waals surface area contributed by atoms with E-state index in [2.05, 4.69) is 5.10 Å². The highest BCUT2D eigenvalue weighted by Gasteiger charge is 2.10. The number of carbonyl (C=O) groups is 1. The normalized spacial score (nSPS) is 11.2. The Hall–Kier alpha value is -1.69. The van der Waals surface area contributed by atoms with Crippen LogP contribution in [0.5, 0.6) is 0 Å². The molecule has 17 heavy (non-hydrogen) atoms. The molecule has 0 saturated carbocycles. The van der Waals surface area contributed by atoms with E-state index in [0.717, 1.165) is 17.3 Å². The molecule has 0 saturated heterocycles. The van der Waals surface area contributed by atoms with E-state index in [1.807, 2.05) is 30.3 Å². The Kier molecular flexibility index (Phi) is 5.35. The van der Waals surface area contributed by atoms with Crippen LogP contribution >= 0.6 is 11.8 Å². The molecule has 6 heteroatoms. The van der Waals surface area contributed by atoms with Crippen LogP contribution in [0.2, 0.25) is 0 Å². The van der Waals surface area contributed by atoms with Gasteiger partial charge in [0.15, 0.2) is 5.17 Å². The molecule has 0 unspecified atom stereocenters. The highest BCUT2D eigenvalue weighted by Crippen LogP contribution is 2.06. The zero-order valence-corrected chi connectivity index (χ0v) is 10.5. The number of amides is 1. The Bertz CT molecular complexity index is 394. The average Bonchev–Trinajstić information content (AvgIpc) is 2.36. The van der Waals surface area contributed by atoms with Crippen molar-refractivity contribution in [1.29, 1.82) is 0 Å². The summed E-state index contributed by atoms with van der Waals surface area (Å²) >= 11 is 1.13. The predicted molar refractivity (Wildman–Crippen MR) is 71.2 cm³/mol. The van der Waals surface area contributed by atoms with Gasteiger partial charge in [0.05, 0.1) is 5.75 Å². The number of carbonyl (C=O) groups excluding carboxylic acids is 1. The first kappa shape index (κ1) is 13.4. The van der Waals surface area contributed by atoms with Crippen LogP contribution in [-0.4, -0.2) is 28.8 Å². The number of nitrogens with two attached hydrogens (primary N) is 2. The van der Waals surface area contributed by atoms with E-state index < -0.39 is 0 Å². The number of amidine groups is 1. The van der Waals surface area contributed by atoms with Gasteiger partial charge < -0.3 is 16.5 Å². The predicted octanol–water partition coefficient (Wildman–Crippen LogP) is 0.567. The number of benzene rings is 1. The summed E-state index contributed by atoms with van der Waals surface area (Å²) in [7, 11) is 1.76. The number of rotatable bonds is 4. The van der Waals surface area contributed by atoms with Crippen LogP contribution < -0.4 is 11.6 Å². The molecule has 0 aliphatic heterocycles. The Morgan fingerprint density at radius 2 is 2.06 bits per heavy atom. The maximum Gasteiger partial charge on any atom is 0.233 e. The molecule has 92 valence electrons. The summed E-state index contributed by atoms with van der Waals surface area (Å²) in [5.41, 5.74) is 6.48. The van der Waals surface area contributed by atoms with Crippen LogP contribution in [-0.2, 0) is 11.3 Å². The molecule has 0 aliphatic rings. The maximum atomic E-state index is 11.7. The SMILES string of the molecule is CN(Cc1ccccc1)C(=O)CSC(N)=NN. The Balaban J connectivity index is 2.42. The lowest BCUT2D eigenvalue weighted by molar-refractivity contribution is -0.127. The van der Waals surface area contributed by atoms with Gasteiger partial charge in [-0.25, -0.2) is 0 Å². The second-order valence-corrected chi connectivity index (χ2v) is 4.49. The first-order valence-corrected chi connectivity index (χ1v) is 6.06. The van der Waals surface area contributed by atoms with Gasteiger partial charge >= 0.3 is 0 Å². The summed E-state index contributed by atoms with van der Waals surface area (Å²) in [6.07, 6.45) is 0. The molecule has 0 radical (unpaired) electrons. The molecule has 0 heterocycles. The van der Waals surface area contributed by atoms with Gasteiger partial charge in [0.2, 0.25) is 5.91 Å². The topological polar surface area (TPSA) is 84.7 Å². The van der Waals surface area contributed by atoms with Crippen LogP contribution in [0.25, 0.3) is 0 Å². The van der Waals surface area contributed by atoms with Gasteiger partial charge in [0.25, 0.3) is 0 Å². The Morgan fingerprint density at radius 1 is 1.41 bits per heavy atom. The van der Waals surface area contributed by atoms with Crippen molar-refractivity contribution < 1.29 is 4.79 Å². The van der Waals surface area contributed by atoms with Crippen LogP contribution in [0.3, 0.4) is 0 Å². The molecular formula is C11H16N4OS. The molecule has 0 aliphatic carbocycles. The van der Waals surface area contributed by atoms with Crippen molar-refractivity contribution in [2.45, 2.75) is 6.54 Å². The third kappa shape index (κ3) is 4.78. The van der Waals surface area contributed by atoms with E-state index in [9.17, 15) is 4.79 Å². The molecule has 0 fully saturated rings. The van der Waals surface area contributed by atoms with Crippen LogP contribution in [0.4, 0.5) is 0 Å². The van der Waals surface area contributed by atoms with E-state index >= 15 is 0 Å². The minimum absolute atomic E-state index is 0.00884. The lowest BCUT2D eigenvalue weighted by Crippen LogP contribution is -2.28. The Labute approximate surface area is 105 Å². The number of hydrazone groups is 1. The van der Waals surface area contributed by atoms with Crippen LogP contribution in [0, 0.1) is 0 Å². The van der Waals surface area contributed by atoms with Crippen molar-refractivity contribution in [2.24, 2.45) is 16.7 Å². The molecule has 0 spiro atoms. The standard InChI is InChI=1S/C11H16N4OS/c1-15(7-9-5-3-2-4-6-9)10(16)8-17-11(12)14-13/h2-6H,7-8,13H2,1H3,(H2,12,14). The minimum Gasteiger partial charge on any atom is -0.377 e. The van der Waals surface area contributed by atoms with E-state index in [1.54, 1.807) is 11.9 Å². The minimum atomic E-state index is -0.00884. The van der Waals surface area contributed by atoms with Crippen molar-refractivity contribution in [3.8, 4) is 0 Å². The van der Waals surface area contributed by atoms with Crippen molar-refractivity contribution in [3.63, 3.8) is 0 Å². The summed E-state index contributed by atoms with van der Waals surface area (Å²) in [5.74, 6) is 5.21. The molecular weight excluding hydrogens is 236 g/mol. The number of hydrogen-bond acceptors (Lipinski definition) is 4. The molecule has 0 bridgehead atoms. The van der Waals surface area contributed by atoms with E-state index in [4.69, 9.17) is 11.6 Å². The zero-order valence-electron chi connectivity index (χ0n) is 9.67. The van der Waals surface area contributed by atoms with Gasteiger partial charge in [0, 0.05) is 13.6 Å². The van der Waals surface area contributed by atoms with Gasteiger partial charge in [-0.1, -0.05) is 42.1 Å². The van der Waals surface area contributed by atoms with Gasteiger partial charge in [-0.05, 0) is 5.56 Å². The van der Waals surface area contributed by atoms with Gasteiger partial charge in [-0.2, -0.15) is 5.10 Å². The average molecular weight is 252 g/mol. The third-order valence-electron chi connectivity index (χ3n) is 2.16. The second kappa shape index (κ2) is 6.80. The fourth-order valence-corrected chi connectivity index (χ4v) is 1.79. The fourth-order valence-electron chi connectivity index (χ4n) is 1.23. The van der Waals surface area contributed by atoms with Crippen molar-refractivity contribution >= 4 is 22.8 Å². The smallest absolute Gasteiger partial charge is 0.233 e. The van der Waals surface area contributed by atoms with Crippen molar-refractivity contribution in [3.05, 3.63) is 35.9 Å². The highest BCUT2D eigenvalue weighted by molar-refractivity contribution is 8.14. The summed E-state index contributed by atoms with van der Waals surface area (Å²) < 4.78 is 0. The van der Waals surface area contributed by atoms with E-state index in [0.29, 0.717) is 6.54 Å². The van der Waals surface area contributed by atoms with Crippen molar-refractivity contribution in [1.82, 2.24) is 4.90 Å². The van der Waals surface area contributed by atoms with E-state index in [-0.39, 0.29) is 16.8 Å². The molecule has 0 aromatic heterocycles. The van der Waals surface area contributed by atoms with Gasteiger partial charge in [-0.3, -0.25) is 4.79 Å². The summed E-state index contributed by atoms with van der Waals surface area (Å²) in [6, 6.07) is 9.79. The lowest BCUT2D eigenvalue weighted by atomic mass is 10.2. The molecule has 1 amide bonds. The maximum absolute atomic E-state index is 11.7. The Morgan fingerprint density at radius 3 is 2.65 bits per heavy atom. The molecule has 4 N–H and O–H groups in total. The highest BCUT2D eigenvalue weighted by atomic mass is 32.2. The van der Waals surface area contributed by atoms with Gasteiger partial charge in [-0.15, -0.1) is 0 Å². The molecule has 0 atom stereocenters. The van der Waals surface area contributed by atoms with Crippen LogP contribution in [0.1, 0.15) is 5.56 Å². The number of hydrogen-bond donors (Lipinski definition) is 2. The third-order valence-corrected chi connectivity index (χ3v) is 2.95. The van der Waals surface area contributed by atoms with Gasteiger partial charge in [0.1, 0.15) is 0 Å². The molecule has 1 aromatic rings. The first-order valence-electron chi connectivity index (χ1n) is 5.07. The van der Waals surface area contributed by atoms with Crippen LogP contribution in [0.15, 0.2) is 35.4 Å². The quantitative estimate of drug-likeness (QED) is 0.355. The van der Waals surface area contributed by atoms with Crippen molar-refractivity contribution in [2.75, 3.05) is 12.8 Å². The second-order valence-electron chi connectivity index (χ2n) is 3.49. The molecule has 1 aromatic carbocycles. The molecule has 1 rings (SSSR count). The first-order chi connectivity index (χ1) is 8.13. The summed E-state index contributed by atoms with van der Waals surface area (Å²) in [5, 5.41) is 3.50. The lowest BCUT2D eigenvalue weighted by Gasteiger charge is -2.16. The zero-order chi connectivity index (χ0) is 12.7. The van der Waals surface area contributed by atoms with E-state index in [1.165, 1.54) is 0 Å². The largest absolute Gasteiger partial charge is 0.377 e. The summed E-state index contributed by atoms with van der Waals surface area (Å²) in [6.45, 7) is 0.583. The monoisotopic (exact) mass is 252 g/mol. The summed E-state index contributed by atoms with van der Waals surface area (Å²) in [4.78, 5) is 13.4. The molecule has 5 nitrogen and oxygen atoms in total. The fraction of sp³-hybridized carbons (Fsp3) is 0.273.